The van der Waals surface area contributed by atoms with Crippen LogP contribution in [0.5, 0.6) is 0 Å². The van der Waals surface area contributed by atoms with E-state index in [4.69, 9.17) is 0 Å². The molecule has 1 aromatic carbocycles. The Morgan fingerprint density at radius 2 is 1.16 bits per heavy atom. The number of quaternary nitrogens is 1. The summed E-state index contributed by atoms with van der Waals surface area (Å²) in [6.07, 6.45) is 12.3. The maximum atomic E-state index is 10.1. The topological polar surface area (TPSA) is 66.4 Å². The Morgan fingerprint density at radius 3 is 1.52 bits per heavy atom. The first kappa shape index (κ1) is 30.0. The summed E-state index contributed by atoms with van der Waals surface area (Å²) >= 11 is 0. The van der Waals surface area contributed by atoms with Gasteiger partial charge in [0, 0.05) is 0 Å². The van der Waals surface area contributed by atoms with Crippen LogP contribution in [0.15, 0.2) is 30.3 Å². The van der Waals surface area contributed by atoms with Crippen molar-refractivity contribution in [1.29, 1.82) is 0 Å². The molecule has 0 heterocycles. The summed E-state index contributed by atoms with van der Waals surface area (Å²) < 4.78 is 35.7. The molecule has 6 heteroatoms. The summed E-state index contributed by atoms with van der Waals surface area (Å²) in [5.41, 5.74) is 1.10. The molecule has 0 atom stereocenters. The van der Waals surface area contributed by atoms with Crippen LogP contribution in [-0.2, 0) is 21.0 Å². The Morgan fingerprint density at radius 1 is 0.742 bits per heavy atom. The fraction of sp³-hybridized carbons (Fsp3) is 0.760. The van der Waals surface area contributed by atoms with E-state index in [1.165, 1.54) is 82.0 Å². The van der Waals surface area contributed by atoms with Gasteiger partial charge in [0.25, 0.3) is 0 Å². The molecule has 0 spiro atoms. The fourth-order valence-corrected chi connectivity index (χ4v) is 4.05. The minimum atomic E-state index is -4.53. The van der Waals surface area contributed by atoms with E-state index < -0.39 is 10.4 Å². The number of unbranched alkanes of at least 4 members (excludes halogenated alkanes) is 4. The van der Waals surface area contributed by atoms with Gasteiger partial charge in [-0.3, -0.25) is 4.18 Å². The molecule has 0 aromatic heterocycles. The minimum absolute atomic E-state index is 0.0548. The molecule has 1 rings (SSSR count). The lowest BCUT2D eigenvalue weighted by Crippen LogP contribution is -2.50. The normalized spacial score (nSPS) is 11.8. The van der Waals surface area contributed by atoms with Gasteiger partial charge in [-0.2, -0.15) is 0 Å². The summed E-state index contributed by atoms with van der Waals surface area (Å²) in [6, 6.07) is 9.58. The van der Waals surface area contributed by atoms with Gasteiger partial charge in [0.05, 0.1) is 32.8 Å². The minimum Gasteiger partial charge on any atom is -0.726 e. The van der Waals surface area contributed by atoms with Gasteiger partial charge in [-0.05, 0) is 44.1 Å². The standard InChI is InChI=1S/C16H36N.C9H12O4S/c1-5-9-13-17(14-10-6-2,15-11-7-3)16-12-8-4;10-14(11,12)13-8-4-7-9-5-2-1-3-6-9/h5-16H2,1-4H3;1-3,5-6H,4,7-8H2,(H,10,11,12)/q+1;/p-1. The zero-order valence-corrected chi connectivity index (χ0v) is 21.3. The molecule has 0 aliphatic rings. The third kappa shape index (κ3) is 17.3. The van der Waals surface area contributed by atoms with E-state index >= 15 is 0 Å². The number of hydrogen-bond acceptors (Lipinski definition) is 4. The van der Waals surface area contributed by atoms with E-state index in [0.717, 1.165) is 5.56 Å². The second kappa shape index (κ2) is 18.6. The largest absolute Gasteiger partial charge is 0.726 e. The SMILES string of the molecule is CCCC[N+](CCCC)(CCCC)CCCC.O=S(=O)([O-])OCCCc1ccccc1. The molecule has 0 fully saturated rings. The molecule has 0 N–H and O–H groups in total. The number of rotatable bonds is 17. The van der Waals surface area contributed by atoms with Gasteiger partial charge in [0.2, 0.25) is 10.4 Å². The Balaban J connectivity index is 0.000000590. The number of hydrogen-bond donors (Lipinski definition) is 0. The fourth-order valence-electron chi connectivity index (χ4n) is 3.73. The van der Waals surface area contributed by atoms with Crippen LogP contribution in [0.4, 0.5) is 0 Å². The Kier molecular flexibility index (Phi) is 18.0. The highest BCUT2D eigenvalue weighted by atomic mass is 32.3. The molecule has 0 radical (unpaired) electrons. The summed E-state index contributed by atoms with van der Waals surface area (Å²) in [5.74, 6) is 0. The van der Waals surface area contributed by atoms with Crippen molar-refractivity contribution in [1.82, 2.24) is 0 Å². The van der Waals surface area contributed by atoms with Crippen LogP contribution < -0.4 is 0 Å². The maximum Gasteiger partial charge on any atom is 0.217 e. The average Bonchev–Trinajstić information content (AvgIpc) is 2.76. The predicted molar refractivity (Wildman–Crippen MR) is 130 cm³/mol. The second-order valence-corrected chi connectivity index (χ2v) is 9.52. The van der Waals surface area contributed by atoms with Crippen molar-refractivity contribution in [3.8, 4) is 0 Å². The third-order valence-electron chi connectivity index (χ3n) is 5.62. The van der Waals surface area contributed by atoms with Gasteiger partial charge in [-0.25, -0.2) is 8.42 Å². The Bertz CT molecular complexity index is 582. The summed E-state index contributed by atoms with van der Waals surface area (Å²) in [7, 11) is -4.53. The molecule has 0 saturated carbocycles. The highest BCUT2D eigenvalue weighted by molar-refractivity contribution is 7.80. The monoisotopic (exact) mass is 457 g/mol. The lowest BCUT2D eigenvalue weighted by molar-refractivity contribution is -0.929. The highest BCUT2D eigenvalue weighted by Gasteiger charge is 2.24. The third-order valence-corrected chi connectivity index (χ3v) is 6.08. The van der Waals surface area contributed by atoms with Crippen molar-refractivity contribution in [2.75, 3.05) is 32.8 Å². The predicted octanol–water partition coefficient (Wildman–Crippen LogP) is 6.10. The molecule has 0 saturated heterocycles. The van der Waals surface area contributed by atoms with Crippen molar-refractivity contribution in [2.24, 2.45) is 0 Å². The molecule has 1 aromatic rings. The van der Waals surface area contributed by atoms with Crippen LogP contribution in [0.3, 0.4) is 0 Å². The van der Waals surface area contributed by atoms with E-state index in [9.17, 15) is 13.0 Å². The van der Waals surface area contributed by atoms with Gasteiger partial charge in [-0.15, -0.1) is 0 Å². The summed E-state index contributed by atoms with van der Waals surface area (Å²) in [5, 5.41) is 0. The molecule has 0 bridgehead atoms. The zero-order valence-electron chi connectivity index (χ0n) is 20.5. The summed E-state index contributed by atoms with van der Waals surface area (Å²) in [6.45, 7) is 15.0. The zero-order chi connectivity index (χ0) is 23.4. The van der Waals surface area contributed by atoms with Crippen LogP contribution in [0.25, 0.3) is 0 Å². The lowest BCUT2D eigenvalue weighted by Gasteiger charge is -2.39. The van der Waals surface area contributed by atoms with E-state index in [1.807, 2.05) is 30.3 Å². The van der Waals surface area contributed by atoms with Crippen molar-refractivity contribution in [3.63, 3.8) is 0 Å². The molecular formula is C25H47NO4S. The van der Waals surface area contributed by atoms with Gasteiger partial charge in [0.15, 0.2) is 0 Å². The maximum absolute atomic E-state index is 10.1. The average molecular weight is 458 g/mol. The number of benzene rings is 1. The van der Waals surface area contributed by atoms with E-state index in [0.29, 0.717) is 12.8 Å². The van der Waals surface area contributed by atoms with E-state index in [2.05, 4.69) is 31.9 Å². The second-order valence-electron chi connectivity index (χ2n) is 8.47. The van der Waals surface area contributed by atoms with Crippen molar-refractivity contribution in [3.05, 3.63) is 35.9 Å². The molecular weight excluding hydrogens is 410 g/mol. The van der Waals surface area contributed by atoms with Crippen LogP contribution in [0.2, 0.25) is 0 Å². The first-order chi connectivity index (χ1) is 14.8. The van der Waals surface area contributed by atoms with Crippen LogP contribution in [0.1, 0.15) is 91.0 Å². The van der Waals surface area contributed by atoms with Gasteiger partial charge in [-0.1, -0.05) is 83.7 Å². The van der Waals surface area contributed by atoms with Gasteiger partial charge >= 0.3 is 0 Å². The highest BCUT2D eigenvalue weighted by Crippen LogP contribution is 2.16. The number of aryl methyl sites for hydroxylation is 1. The first-order valence-electron chi connectivity index (χ1n) is 12.3. The molecule has 182 valence electrons. The quantitative estimate of drug-likeness (QED) is 0.123. The Labute approximate surface area is 192 Å². The molecule has 0 unspecified atom stereocenters. The molecule has 0 aliphatic heterocycles. The van der Waals surface area contributed by atoms with Crippen molar-refractivity contribution in [2.45, 2.75) is 91.9 Å². The van der Waals surface area contributed by atoms with Crippen LogP contribution >= 0.6 is 0 Å². The van der Waals surface area contributed by atoms with Crippen molar-refractivity contribution < 1.29 is 21.6 Å². The van der Waals surface area contributed by atoms with Crippen molar-refractivity contribution >= 4 is 10.4 Å². The molecule has 31 heavy (non-hydrogen) atoms. The molecule has 5 nitrogen and oxygen atoms in total. The van der Waals surface area contributed by atoms with E-state index in [1.54, 1.807) is 0 Å². The molecule has 0 amide bonds. The Hall–Kier alpha value is -0.950. The smallest absolute Gasteiger partial charge is 0.217 e. The van der Waals surface area contributed by atoms with Crippen LogP contribution in [0, 0.1) is 0 Å². The van der Waals surface area contributed by atoms with E-state index in [-0.39, 0.29) is 6.61 Å². The van der Waals surface area contributed by atoms with Gasteiger partial charge < -0.3 is 9.04 Å². The lowest BCUT2D eigenvalue weighted by atomic mass is 10.1. The summed E-state index contributed by atoms with van der Waals surface area (Å²) in [4.78, 5) is 0. The number of nitrogens with zero attached hydrogens (tertiary/aromatic N) is 1. The molecule has 0 aliphatic carbocycles. The first-order valence-corrected chi connectivity index (χ1v) is 13.6. The van der Waals surface area contributed by atoms with Gasteiger partial charge in [0.1, 0.15) is 0 Å². The van der Waals surface area contributed by atoms with Crippen LogP contribution in [-0.4, -0.2) is 50.2 Å².